The zero-order valence-corrected chi connectivity index (χ0v) is 19.6. The maximum atomic E-state index is 13.1. The van der Waals surface area contributed by atoms with Crippen molar-refractivity contribution in [2.45, 2.75) is 33.4 Å². The molecule has 1 amide bonds. The molecule has 2 aromatic heterocycles. The van der Waals surface area contributed by atoms with Crippen molar-refractivity contribution >= 4 is 28.8 Å². The summed E-state index contributed by atoms with van der Waals surface area (Å²) in [6.07, 6.45) is 1.65. The van der Waals surface area contributed by atoms with E-state index in [9.17, 15) is 14.7 Å². The van der Waals surface area contributed by atoms with Gasteiger partial charge in [-0.25, -0.2) is 0 Å². The molecule has 1 N–H and O–H groups in total. The monoisotopic (exact) mass is 462 g/mol. The number of carbonyl (C=O) groups is 2. The lowest BCUT2D eigenvalue weighted by Crippen LogP contribution is -2.29. The Bertz CT molecular complexity index is 1190. The summed E-state index contributed by atoms with van der Waals surface area (Å²) in [5.74, 6) is -0.411. The Morgan fingerprint density at radius 2 is 2.00 bits per heavy atom. The van der Waals surface area contributed by atoms with Crippen molar-refractivity contribution in [1.29, 1.82) is 0 Å². The van der Waals surface area contributed by atoms with Crippen LogP contribution in [-0.2, 0) is 16.1 Å². The molecule has 4 rings (SSSR count). The normalized spacial score (nSPS) is 17.7. The van der Waals surface area contributed by atoms with Crippen LogP contribution in [0.15, 0.2) is 65.7 Å². The predicted octanol–water partition coefficient (Wildman–Crippen LogP) is 5.11. The van der Waals surface area contributed by atoms with E-state index in [0.29, 0.717) is 23.8 Å². The summed E-state index contributed by atoms with van der Waals surface area (Å²) in [6, 6.07) is 13.8. The van der Waals surface area contributed by atoms with Crippen LogP contribution in [0.5, 0.6) is 5.75 Å². The van der Waals surface area contributed by atoms with E-state index in [1.807, 2.05) is 36.6 Å². The Kier molecular flexibility index (Phi) is 6.60. The van der Waals surface area contributed by atoms with Gasteiger partial charge in [0.05, 0.1) is 24.4 Å². The molecule has 1 atom stereocenters. The van der Waals surface area contributed by atoms with Crippen LogP contribution in [0.2, 0.25) is 0 Å². The number of Topliss-reactive ketones (excluding diaryl/α,β-unsaturated/α-hetero) is 1. The lowest BCUT2D eigenvalue weighted by Gasteiger charge is -2.23. The summed E-state index contributed by atoms with van der Waals surface area (Å²) < 4.78 is 5.83. The number of aromatic nitrogens is 1. The summed E-state index contributed by atoms with van der Waals surface area (Å²) in [4.78, 5) is 32.7. The number of nitrogens with zero attached hydrogens (tertiary/aromatic N) is 2. The number of likely N-dealkylation sites (tertiary alicyclic amines) is 1. The average Bonchev–Trinajstić information content (AvgIpc) is 3.41. The van der Waals surface area contributed by atoms with Crippen molar-refractivity contribution in [3.8, 4) is 5.75 Å². The molecule has 3 heterocycles. The molecule has 0 aliphatic carbocycles. The van der Waals surface area contributed by atoms with Crippen LogP contribution in [0.1, 0.15) is 41.6 Å². The molecular weight excluding hydrogens is 436 g/mol. The number of hydrogen-bond donors (Lipinski definition) is 1. The van der Waals surface area contributed by atoms with Gasteiger partial charge < -0.3 is 14.7 Å². The first-order valence-electron chi connectivity index (χ1n) is 10.8. The van der Waals surface area contributed by atoms with E-state index < -0.39 is 17.7 Å². The van der Waals surface area contributed by atoms with Gasteiger partial charge in [0.1, 0.15) is 17.6 Å². The molecular formula is C26H26N2O4S. The van der Waals surface area contributed by atoms with E-state index in [-0.39, 0.29) is 17.9 Å². The third kappa shape index (κ3) is 4.68. The highest BCUT2D eigenvalue weighted by Crippen LogP contribution is 2.42. The van der Waals surface area contributed by atoms with Gasteiger partial charge >= 0.3 is 0 Å². The van der Waals surface area contributed by atoms with Crippen LogP contribution in [0, 0.1) is 12.8 Å². The van der Waals surface area contributed by atoms with E-state index in [0.717, 1.165) is 16.2 Å². The Labute approximate surface area is 197 Å². The van der Waals surface area contributed by atoms with Crippen molar-refractivity contribution in [3.05, 3.63) is 87.4 Å². The standard InChI is InChI=1S/C26H26N2O4S/c1-16(2)15-32-20-10-9-18(13-17(20)3)24(29)22-23(21-8-6-12-33-21)28(26(31)25(22)30)14-19-7-4-5-11-27-19/h4-13,16,23,29H,14-15H2,1-3H3/b24-22-. The predicted molar refractivity (Wildman–Crippen MR) is 128 cm³/mol. The zero-order valence-electron chi connectivity index (χ0n) is 18.8. The molecule has 0 bridgehead atoms. The second kappa shape index (κ2) is 9.58. The lowest BCUT2D eigenvalue weighted by atomic mass is 9.98. The van der Waals surface area contributed by atoms with Gasteiger partial charge in [0.15, 0.2) is 0 Å². The molecule has 1 saturated heterocycles. The average molecular weight is 463 g/mol. The highest BCUT2D eigenvalue weighted by atomic mass is 32.1. The number of aliphatic hydroxyl groups excluding tert-OH is 1. The first-order chi connectivity index (χ1) is 15.9. The number of aliphatic hydroxyl groups is 1. The molecule has 1 fully saturated rings. The van der Waals surface area contributed by atoms with Crippen LogP contribution in [0.4, 0.5) is 0 Å². The van der Waals surface area contributed by atoms with Crippen LogP contribution < -0.4 is 4.74 Å². The molecule has 7 heteroatoms. The number of aryl methyl sites for hydroxylation is 1. The summed E-state index contributed by atoms with van der Waals surface area (Å²) in [5.41, 5.74) is 2.08. The molecule has 1 unspecified atom stereocenters. The molecule has 33 heavy (non-hydrogen) atoms. The van der Waals surface area contributed by atoms with Gasteiger partial charge in [0.2, 0.25) is 0 Å². The minimum Gasteiger partial charge on any atom is -0.507 e. The highest BCUT2D eigenvalue weighted by Gasteiger charge is 2.46. The van der Waals surface area contributed by atoms with Gasteiger partial charge in [-0.1, -0.05) is 26.0 Å². The Balaban J connectivity index is 1.75. The van der Waals surface area contributed by atoms with Crippen molar-refractivity contribution in [2.75, 3.05) is 6.61 Å². The smallest absolute Gasteiger partial charge is 0.296 e. The molecule has 3 aromatic rings. The van der Waals surface area contributed by atoms with Crippen molar-refractivity contribution in [3.63, 3.8) is 0 Å². The third-order valence-electron chi connectivity index (χ3n) is 5.43. The largest absolute Gasteiger partial charge is 0.507 e. The van der Waals surface area contributed by atoms with Gasteiger partial charge in [0.25, 0.3) is 11.7 Å². The summed E-state index contributed by atoms with van der Waals surface area (Å²) in [7, 11) is 0. The molecule has 1 aromatic carbocycles. The Hall–Kier alpha value is -3.45. The number of thiophene rings is 1. The van der Waals surface area contributed by atoms with E-state index in [4.69, 9.17) is 4.74 Å². The van der Waals surface area contributed by atoms with Gasteiger partial charge in [-0.2, -0.15) is 0 Å². The highest BCUT2D eigenvalue weighted by molar-refractivity contribution is 7.10. The van der Waals surface area contributed by atoms with Crippen LogP contribution in [0.25, 0.3) is 5.76 Å². The minimum atomic E-state index is -0.695. The fraction of sp³-hybridized carbons (Fsp3) is 0.269. The van der Waals surface area contributed by atoms with Crippen molar-refractivity contribution in [1.82, 2.24) is 9.88 Å². The van der Waals surface area contributed by atoms with E-state index in [2.05, 4.69) is 18.8 Å². The summed E-state index contributed by atoms with van der Waals surface area (Å²) in [5, 5.41) is 13.1. The lowest BCUT2D eigenvalue weighted by molar-refractivity contribution is -0.140. The number of benzene rings is 1. The zero-order chi connectivity index (χ0) is 23.5. The van der Waals surface area contributed by atoms with E-state index in [1.54, 1.807) is 30.5 Å². The van der Waals surface area contributed by atoms with Crippen molar-refractivity contribution in [2.24, 2.45) is 5.92 Å². The fourth-order valence-corrected chi connectivity index (χ4v) is 4.67. The van der Waals surface area contributed by atoms with Crippen LogP contribution in [-0.4, -0.2) is 33.3 Å². The molecule has 0 radical (unpaired) electrons. The second-order valence-corrected chi connectivity index (χ2v) is 9.43. The quantitative estimate of drug-likeness (QED) is 0.300. The molecule has 1 aliphatic rings. The molecule has 6 nitrogen and oxygen atoms in total. The van der Waals surface area contributed by atoms with Crippen LogP contribution >= 0.6 is 11.3 Å². The Morgan fingerprint density at radius 3 is 2.64 bits per heavy atom. The van der Waals surface area contributed by atoms with E-state index >= 15 is 0 Å². The van der Waals surface area contributed by atoms with Gasteiger partial charge in [-0.3, -0.25) is 14.6 Å². The number of carbonyl (C=O) groups excluding carboxylic acids is 2. The molecule has 170 valence electrons. The summed E-state index contributed by atoms with van der Waals surface area (Å²) >= 11 is 1.44. The van der Waals surface area contributed by atoms with Gasteiger partial charge in [-0.15, -0.1) is 11.3 Å². The molecule has 0 spiro atoms. The second-order valence-electron chi connectivity index (χ2n) is 8.45. The maximum Gasteiger partial charge on any atom is 0.296 e. The topological polar surface area (TPSA) is 79.7 Å². The van der Waals surface area contributed by atoms with E-state index in [1.165, 1.54) is 16.2 Å². The Morgan fingerprint density at radius 1 is 1.18 bits per heavy atom. The van der Waals surface area contributed by atoms with Gasteiger partial charge in [-0.05, 0) is 60.2 Å². The number of rotatable bonds is 7. The fourth-order valence-electron chi connectivity index (χ4n) is 3.82. The third-order valence-corrected chi connectivity index (χ3v) is 6.36. The van der Waals surface area contributed by atoms with Crippen molar-refractivity contribution < 1.29 is 19.4 Å². The minimum absolute atomic E-state index is 0.0913. The number of hydrogen-bond acceptors (Lipinski definition) is 6. The maximum absolute atomic E-state index is 13.1. The molecule has 1 aliphatic heterocycles. The number of amides is 1. The SMILES string of the molecule is Cc1cc(/C(O)=C2/C(=O)C(=O)N(Cc3ccccn3)C2c2cccs2)ccc1OCC(C)C. The summed E-state index contributed by atoms with van der Waals surface area (Å²) in [6.45, 7) is 6.80. The first-order valence-corrected chi connectivity index (χ1v) is 11.7. The van der Waals surface area contributed by atoms with Crippen LogP contribution in [0.3, 0.4) is 0 Å². The number of ether oxygens (including phenoxy) is 1. The molecule has 0 saturated carbocycles. The number of pyridine rings is 1. The van der Waals surface area contributed by atoms with Gasteiger partial charge in [0, 0.05) is 16.6 Å². The first kappa shape index (κ1) is 22.7. The number of ketones is 1.